The topological polar surface area (TPSA) is 98.2 Å². The molecule has 1 aliphatic rings. The number of carbonyl (C=O) groups excluding carboxylic acids is 2. The fraction of sp³-hybridized carbons (Fsp3) is 0.783. The Morgan fingerprint density at radius 3 is 2.40 bits per heavy atom. The van der Waals surface area contributed by atoms with Gasteiger partial charge in [0.25, 0.3) is 5.91 Å². The van der Waals surface area contributed by atoms with Crippen molar-refractivity contribution in [3.8, 4) is 0 Å². The Labute approximate surface area is 181 Å². The van der Waals surface area contributed by atoms with E-state index in [9.17, 15) is 19.5 Å². The van der Waals surface area contributed by atoms with Gasteiger partial charge in [0.15, 0.2) is 0 Å². The zero-order valence-electron chi connectivity index (χ0n) is 18.8. The number of hydrogen-bond acceptors (Lipinski definition) is 4. The van der Waals surface area contributed by atoms with Gasteiger partial charge >= 0.3 is 12.0 Å². The maximum atomic E-state index is 12.8. The lowest BCUT2D eigenvalue weighted by Gasteiger charge is -2.28. The lowest BCUT2D eigenvalue weighted by Crippen LogP contribution is -2.39. The van der Waals surface area contributed by atoms with Crippen LogP contribution < -0.4 is 0 Å². The average molecular weight is 425 g/mol. The van der Waals surface area contributed by atoms with E-state index in [0.717, 1.165) is 44.9 Å². The van der Waals surface area contributed by atoms with Crippen molar-refractivity contribution in [1.29, 1.82) is 0 Å². The summed E-state index contributed by atoms with van der Waals surface area (Å²) in [7, 11) is 0. The minimum atomic E-state index is -0.857. The molecule has 1 rings (SSSR count). The van der Waals surface area contributed by atoms with Crippen LogP contribution in [0.25, 0.3) is 0 Å². The zero-order valence-corrected chi connectivity index (χ0v) is 18.8. The van der Waals surface area contributed by atoms with E-state index in [1.165, 1.54) is 4.90 Å². The Balaban J connectivity index is 2.61. The first-order valence-electron chi connectivity index (χ1n) is 11.4. The Morgan fingerprint density at radius 2 is 1.77 bits per heavy atom. The number of imide groups is 1. The van der Waals surface area contributed by atoms with Crippen LogP contribution in [0.3, 0.4) is 0 Å². The zero-order chi connectivity index (χ0) is 22.6. The molecule has 1 heterocycles. The third-order valence-electron chi connectivity index (χ3n) is 5.79. The molecule has 1 saturated heterocycles. The van der Waals surface area contributed by atoms with Crippen LogP contribution in [0.1, 0.15) is 90.9 Å². The van der Waals surface area contributed by atoms with Crippen molar-refractivity contribution in [2.24, 2.45) is 0 Å². The highest BCUT2D eigenvalue weighted by Gasteiger charge is 2.44. The molecule has 0 aromatic carbocycles. The van der Waals surface area contributed by atoms with Crippen molar-refractivity contribution in [2.75, 3.05) is 13.1 Å². The molecule has 1 aliphatic heterocycles. The monoisotopic (exact) mass is 424 g/mol. The van der Waals surface area contributed by atoms with Gasteiger partial charge in [0.1, 0.15) is 6.04 Å². The van der Waals surface area contributed by atoms with Gasteiger partial charge < -0.3 is 15.1 Å². The number of urea groups is 1. The summed E-state index contributed by atoms with van der Waals surface area (Å²) in [5, 5.41) is 19.4. The molecular weight excluding hydrogens is 384 g/mol. The van der Waals surface area contributed by atoms with Crippen LogP contribution in [0.2, 0.25) is 0 Å². The Hall–Kier alpha value is -1.89. The van der Waals surface area contributed by atoms with E-state index in [4.69, 9.17) is 5.11 Å². The van der Waals surface area contributed by atoms with Crippen LogP contribution in [0.5, 0.6) is 0 Å². The molecule has 1 fully saturated rings. The van der Waals surface area contributed by atoms with Crippen molar-refractivity contribution in [1.82, 2.24) is 9.80 Å². The number of amides is 3. The number of aliphatic carboxylic acids is 1. The van der Waals surface area contributed by atoms with E-state index in [1.807, 2.05) is 0 Å². The van der Waals surface area contributed by atoms with Crippen LogP contribution in [0.15, 0.2) is 12.7 Å². The molecule has 172 valence electrons. The highest BCUT2D eigenvalue weighted by Crippen LogP contribution is 2.26. The van der Waals surface area contributed by atoms with Gasteiger partial charge in [-0.2, -0.15) is 0 Å². The van der Waals surface area contributed by atoms with Crippen LogP contribution in [0, 0.1) is 0 Å². The highest BCUT2D eigenvalue weighted by atomic mass is 16.4. The molecule has 2 atom stereocenters. The number of hydrogen-bond donors (Lipinski definition) is 2. The van der Waals surface area contributed by atoms with Crippen molar-refractivity contribution in [3.05, 3.63) is 12.7 Å². The van der Waals surface area contributed by atoms with E-state index in [1.54, 1.807) is 17.9 Å². The maximum absolute atomic E-state index is 12.8. The molecule has 30 heavy (non-hydrogen) atoms. The molecule has 0 spiro atoms. The van der Waals surface area contributed by atoms with Gasteiger partial charge in [0.2, 0.25) is 0 Å². The molecule has 2 N–H and O–H groups in total. The number of carboxylic acids is 1. The predicted octanol–water partition coefficient (Wildman–Crippen LogP) is 4.34. The smallest absolute Gasteiger partial charge is 0.327 e. The largest absolute Gasteiger partial charge is 0.481 e. The second kappa shape index (κ2) is 13.4. The van der Waals surface area contributed by atoms with Crippen LogP contribution in [0.4, 0.5) is 4.79 Å². The van der Waals surface area contributed by atoms with Gasteiger partial charge in [0.05, 0.1) is 5.60 Å². The van der Waals surface area contributed by atoms with Crippen molar-refractivity contribution < 1.29 is 24.6 Å². The van der Waals surface area contributed by atoms with E-state index in [0.29, 0.717) is 32.2 Å². The molecule has 7 nitrogen and oxygen atoms in total. The standard InChI is InChI=1S/C23H40N2O5/c1-4-6-7-12-15-23(3,30)16-18-24-19(13-10-8-9-11-14-20(26)27)21(28)25(17-5-2)22(24)29/h5,19,30H,2,4,6-18H2,1,3H3,(H,26,27). The van der Waals surface area contributed by atoms with Crippen LogP contribution >= 0.6 is 0 Å². The third-order valence-corrected chi connectivity index (χ3v) is 5.79. The van der Waals surface area contributed by atoms with Gasteiger partial charge in [-0.05, 0) is 32.6 Å². The van der Waals surface area contributed by atoms with E-state index in [-0.39, 0.29) is 24.9 Å². The molecular formula is C23H40N2O5. The first-order chi connectivity index (χ1) is 14.2. The van der Waals surface area contributed by atoms with Crippen molar-refractivity contribution >= 4 is 17.9 Å². The van der Waals surface area contributed by atoms with E-state index in [2.05, 4.69) is 13.5 Å². The SMILES string of the molecule is C=CCN1C(=O)C(CCCCCCC(=O)O)N(CCC(C)(O)CCCCCC)C1=O. The molecule has 3 amide bonds. The Bertz CT molecular complexity index is 576. The maximum Gasteiger partial charge on any atom is 0.327 e. The number of nitrogens with zero attached hydrogens (tertiary/aromatic N) is 2. The highest BCUT2D eigenvalue weighted by molar-refractivity contribution is 6.04. The fourth-order valence-corrected chi connectivity index (χ4v) is 3.91. The molecule has 0 aromatic heterocycles. The number of aliphatic hydroxyl groups is 1. The lowest BCUT2D eigenvalue weighted by atomic mass is 9.94. The second-order valence-corrected chi connectivity index (χ2v) is 8.63. The molecule has 0 bridgehead atoms. The first-order valence-corrected chi connectivity index (χ1v) is 11.4. The van der Waals surface area contributed by atoms with Gasteiger partial charge in [0, 0.05) is 19.5 Å². The fourth-order valence-electron chi connectivity index (χ4n) is 3.91. The molecule has 0 aromatic rings. The third kappa shape index (κ3) is 8.86. The van der Waals surface area contributed by atoms with Gasteiger partial charge in [-0.1, -0.05) is 57.9 Å². The summed E-state index contributed by atoms with van der Waals surface area (Å²) >= 11 is 0. The summed E-state index contributed by atoms with van der Waals surface area (Å²) in [6.07, 6.45) is 10.7. The Kier molecular flexibility index (Phi) is 11.7. The summed E-state index contributed by atoms with van der Waals surface area (Å²) in [6, 6.07) is -0.814. The van der Waals surface area contributed by atoms with Gasteiger partial charge in [-0.15, -0.1) is 6.58 Å². The first kappa shape index (κ1) is 26.1. The average Bonchev–Trinajstić information content (AvgIpc) is 2.90. The summed E-state index contributed by atoms with van der Waals surface area (Å²) in [5.41, 5.74) is -0.857. The number of unbranched alkanes of at least 4 members (excludes halogenated alkanes) is 6. The van der Waals surface area contributed by atoms with E-state index < -0.39 is 17.6 Å². The normalized spacial score (nSPS) is 18.7. The number of carbonyl (C=O) groups is 3. The summed E-state index contributed by atoms with van der Waals surface area (Å²) < 4.78 is 0. The summed E-state index contributed by atoms with van der Waals surface area (Å²) in [6.45, 7) is 8.13. The second-order valence-electron chi connectivity index (χ2n) is 8.63. The molecule has 2 unspecified atom stereocenters. The molecule has 0 radical (unpaired) electrons. The van der Waals surface area contributed by atoms with Gasteiger partial charge in [-0.25, -0.2) is 4.79 Å². The number of rotatable bonds is 17. The lowest BCUT2D eigenvalue weighted by molar-refractivity contribution is -0.137. The predicted molar refractivity (Wildman–Crippen MR) is 117 cm³/mol. The number of carboxylic acid groups (broad SMARTS) is 1. The summed E-state index contributed by atoms with van der Waals surface area (Å²) in [4.78, 5) is 39.0. The minimum Gasteiger partial charge on any atom is -0.481 e. The van der Waals surface area contributed by atoms with Crippen molar-refractivity contribution in [2.45, 2.75) is 103 Å². The van der Waals surface area contributed by atoms with Gasteiger partial charge in [-0.3, -0.25) is 14.5 Å². The molecule has 0 saturated carbocycles. The van der Waals surface area contributed by atoms with Crippen LogP contribution in [-0.4, -0.2) is 62.7 Å². The van der Waals surface area contributed by atoms with E-state index >= 15 is 0 Å². The molecule has 0 aliphatic carbocycles. The quantitative estimate of drug-likeness (QED) is 0.206. The Morgan fingerprint density at radius 1 is 1.10 bits per heavy atom. The van der Waals surface area contributed by atoms with Crippen LogP contribution in [-0.2, 0) is 9.59 Å². The molecule has 7 heteroatoms. The summed E-state index contributed by atoms with van der Waals surface area (Å²) in [5.74, 6) is -0.993. The minimum absolute atomic E-state index is 0.160. The van der Waals surface area contributed by atoms with Crippen molar-refractivity contribution in [3.63, 3.8) is 0 Å².